The molecule has 0 saturated carbocycles. The van der Waals surface area contributed by atoms with Crippen molar-refractivity contribution in [3.05, 3.63) is 40.1 Å². The van der Waals surface area contributed by atoms with Crippen molar-refractivity contribution >= 4 is 52.4 Å². The summed E-state index contributed by atoms with van der Waals surface area (Å²) in [7, 11) is 1.61. The van der Waals surface area contributed by atoms with Gasteiger partial charge in [0.1, 0.15) is 0 Å². The lowest BCUT2D eigenvalue weighted by Gasteiger charge is -2.00. The Balaban J connectivity index is 1.84. The molecule has 1 aliphatic carbocycles. The molecule has 2 aromatic rings. The lowest BCUT2D eigenvalue weighted by Crippen LogP contribution is -2.24. The fraction of sp³-hybridized carbons (Fsp3) is 0.176. The van der Waals surface area contributed by atoms with Crippen molar-refractivity contribution in [2.45, 2.75) is 12.8 Å². The van der Waals surface area contributed by atoms with Crippen molar-refractivity contribution in [2.24, 2.45) is 0 Å². The lowest BCUT2D eigenvalue weighted by molar-refractivity contribution is -0.122. The number of nitrogens with one attached hydrogen (secondary N) is 1. The summed E-state index contributed by atoms with van der Waals surface area (Å²) in [4.78, 5) is 16.8. The molecule has 4 nitrogen and oxygen atoms in total. The Morgan fingerprint density at radius 3 is 2.91 bits per heavy atom. The van der Waals surface area contributed by atoms with E-state index in [9.17, 15) is 4.79 Å². The second kappa shape index (κ2) is 4.81. The summed E-state index contributed by atoms with van der Waals surface area (Å²) in [6.07, 6.45) is 8.36. The average molecular weight is 310 g/mol. The number of aromatic nitrogens is 1. The highest BCUT2D eigenvalue weighted by Crippen LogP contribution is 2.20. The first-order valence-corrected chi connectivity index (χ1v) is 7.58. The third-order valence-corrected chi connectivity index (χ3v) is 4.40. The number of benzene rings is 1. The molecule has 22 heavy (non-hydrogen) atoms. The number of fused-ring (bicyclic) bond motifs is 3. The van der Waals surface area contributed by atoms with Gasteiger partial charge >= 0.3 is 0 Å². The van der Waals surface area contributed by atoms with Gasteiger partial charge in [-0.3, -0.25) is 9.69 Å². The second-order valence-electron chi connectivity index (χ2n) is 5.48. The van der Waals surface area contributed by atoms with E-state index in [0.717, 1.165) is 23.9 Å². The van der Waals surface area contributed by atoms with Crippen LogP contribution in [0.5, 0.6) is 0 Å². The highest BCUT2D eigenvalue weighted by Gasteiger charge is 2.29. The topological polar surface area (TPSA) is 45.3 Å². The van der Waals surface area contributed by atoms with Crippen molar-refractivity contribution in [3.63, 3.8) is 0 Å². The minimum atomic E-state index is -0.207. The van der Waals surface area contributed by atoms with Crippen molar-refractivity contribution < 1.29 is 9.53 Å². The molecule has 1 aliphatic heterocycles. The zero-order chi connectivity index (χ0) is 15.3. The van der Waals surface area contributed by atoms with E-state index in [0.29, 0.717) is 0 Å². The fourth-order valence-electron chi connectivity index (χ4n) is 2.87. The molecule has 1 fully saturated rings. The van der Waals surface area contributed by atoms with E-state index in [1.807, 2.05) is 12.1 Å². The van der Waals surface area contributed by atoms with Crippen molar-refractivity contribution in [2.75, 3.05) is 7.05 Å². The molecule has 1 saturated heterocycles. The molecule has 0 atom stereocenters. The molecule has 2 heterocycles. The first-order valence-electron chi connectivity index (χ1n) is 7.17. The zero-order valence-electron chi connectivity index (χ0n) is 12.1. The van der Waals surface area contributed by atoms with E-state index in [4.69, 9.17) is 17.0 Å². The third kappa shape index (κ3) is 1.97. The van der Waals surface area contributed by atoms with E-state index in [2.05, 4.69) is 23.2 Å². The summed E-state index contributed by atoms with van der Waals surface area (Å²) in [6, 6.07) is 6.07. The van der Waals surface area contributed by atoms with Crippen LogP contribution in [0.25, 0.3) is 29.1 Å². The molecular weight excluding hydrogens is 296 g/mol. The van der Waals surface area contributed by atoms with Crippen molar-refractivity contribution in [3.8, 4) is 0 Å². The second-order valence-corrected chi connectivity index (χ2v) is 5.83. The minimum absolute atomic E-state index is 0.194. The maximum atomic E-state index is 12.0. The van der Waals surface area contributed by atoms with Crippen LogP contribution in [0.15, 0.2) is 24.0 Å². The number of rotatable bonds is 1. The maximum absolute atomic E-state index is 12.0. The van der Waals surface area contributed by atoms with Crippen LogP contribution in [-0.4, -0.2) is 28.0 Å². The molecule has 0 bridgehead atoms. The van der Waals surface area contributed by atoms with Crippen molar-refractivity contribution in [1.29, 1.82) is 0 Å². The zero-order valence-corrected chi connectivity index (χ0v) is 12.9. The number of likely N-dealkylation sites (N-methyl/N-ethyl adjacent to an activating group) is 1. The van der Waals surface area contributed by atoms with Gasteiger partial charge < -0.3 is 9.72 Å². The Kier molecular flexibility index (Phi) is 2.90. The molecule has 4 rings (SSSR count). The predicted octanol–water partition coefficient (Wildman–Crippen LogP) is 1.64. The van der Waals surface area contributed by atoms with Gasteiger partial charge in [0.15, 0.2) is 5.76 Å². The number of hydrogen-bond acceptors (Lipinski definition) is 3. The molecule has 0 unspecified atom stereocenters. The predicted molar refractivity (Wildman–Crippen MR) is 90.1 cm³/mol. The Morgan fingerprint density at radius 2 is 2.14 bits per heavy atom. The summed E-state index contributed by atoms with van der Waals surface area (Å²) in [6.45, 7) is 0. The number of carbonyl (C=O) groups is 1. The van der Waals surface area contributed by atoms with Crippen LogP contribution in [0.2, 0.25) is 0 Å². The van der Waals surface area contributed by atoms with Crippen LogP contribution in [0.3, 0.4) is 0 Å². The Labute approximate surface area is 132 Å². The van der Waals surface area contributed by atoms with Gasteiger partial charge in [-0.25, -0.2) is 0 Å². The first kappa shape index (κ1) is 13.3. The Morgan fingerprint density at radius 1 is 1.32 bits per heavy atom. The van der Waals surface area contributed by atoms with E-state index in [-0.39, 0.29) is 16.8 Å². The summed E-state index contributed by atoms with van der Waals surface area (Å²) >= 11 is 4.98. The van der Waals surface area contributed by atoms with Gasteiger partial charge in [0.05, 0.1) is 0 Å². The standard InChI is InChI=1S/C17H14N2O2S/c1-19-16(20)15(21-17(19)22)9-10-6-7-14-12(8-10)11-4-2-3-5-13(11)18-14/h4-9,18H,2-3H2,1H3/b15-9+. The Bertz CT molecular complexity index is 968. The molecule has 1 aromatic heterocycles. The number of hydrogen-bond donors (Lipinski definition) is 1. The molecular formula is C17H14N2O2S. The van der Waals surface area contributed by atoms with Crippen LogP contribution in [0.1, 0.15) is 18.4 Å². The number of amides is 1. The van der Waals surface area contributed by atoms with Crippen LogP contribution in [0, 0.1) is 0 Å². The highest BCUT2D eigenvalue weighted by molar-refractivity contribution is 7.80. The van der Waals surface area contributed by atoms with Gasteiger partial charge in [-0.1, -0.05) is 18.2 Å². The number of carbonyl (C=O) groups excluding carboxylic acids is 1. The highest BCUT2D eigenvalue weighted by atomic mass is 32.1. The number of ether oxygens (including phenoxy) is 1. The van der Waals surface area contributed by atoms with Gasteiger partial charge in [-0.05, 0) is 48.8 Å². The normalized spacial score (nSPS) is 19.1. The number of H-pyrrole nitrogens is 1. The van der Waals surface area contributed by atoms with E-state index in [1.165, 1.54) is 20.9 Å². The monoisotopic (exact) mass is 310 g/mol. The van der Waals surface area contributed by atoms with Gasteiger partial charge in [0.2, 0.25) is 0 Å². The molecule has 110 valence electrons. The molecule has 5 heteroatoms. The molecule has 0 radical (unpaired) electrons. The number of aromatic amines is 1. The van der Waals surface area contributed by atoms with Crippen LogP contribution in [-0.2, 0) is 9.53 Å². The quantitative estimate of drug-likeness (QED) is 0.643. The van der Waals surface area contributed by atoms with Crippen LogP contribution >= 0.6 is 12.2 Å². The minimum Gasteiger partial charge on any atom is -0.426 e. The van der Waals surface area contributed by atoms with E-state index in [1.54, 1.807) is 13.1 Å². The van der Waals surface area contributed by atoms with Gasteiger partial charge in [-0.15, -0.1) is 0 Å². The van der Waals surface area contributed by atoms with Gasteiger partial charge in [-0.2, -0.15) is 0 Å². The molecule has 2 aliphatic rings. The first-order chi connectivity index (χ1) is 10.6. The molecule has 1 aromatic carbocycles. The molecule has 1 amide bonds. The number of thiocarbonyl (C=S) groups is 1. The maximum Gasteiger partial charge on any atom is 0.296 e. The van der Waals surface area contributed by atoms with Crippen LogP contribution in [0.4, 0.5) is 0 Å². The third-order valence-electron chi connectivity index (χ3n) is 4.04. The SMILES string of the molecule is CN1C(=O)/C(=C\c2ccc3[nH]c4c(c3c2)=CCCC=4)OC1=S. The van der Waals surface area contributed by atoms with E-state index >= 15 is 0 Å². The van der Waals surface area contributed by atoms with E-state index < -0.39 is 0 Å². The largest absolute Gasteiger partial charge is 0.426 e. The van der Waals surface area contributed by atoms with Crippen molar-refractivity contribution in [1.82, 2.24) is 9.88 Å². The fourth-order valence-corrected chi connectivity index (χ4v) is 3.05. The molecule has 0 spiro atoms. The summed E-state index contributed by atoms with van der Waals surface area (Å²) in [5.41, 5.74) is 2.03. The average Bonchev–Trinajstić information content (AvgIpc) is 3.01. The Hall–Kier alpha value is -2.40. The number of nitrogens with zero attached hydrogens (tertiary/aromatic N) is 1. The van der Waals surface area contributed by atoms with Gasteiger partial charge in [0.25, 0.3) is 11.1 Å². The molecule has 1 N–H and O–H groups in total. The summed E-state index contributed by atoms with van der Waals surface area (Å²) < 4.78 is 5.34. The van der Waals surface area contributed by atoms with Gasteiger partial charge in [0, 0.05) is 28.5 Å². The summed E-state index contributed by atoms with van der Waals surface area (Å²) in [5, 5.41) is 3.79. The summed E-state index contributed by atoms with van der Waals surface area (Å²) in [5.74, 6) is 0.0629. The lowest BCUT2D eigenvalue weighted by atomic mass is 10.1. The van der Waals surface area contributed by atoms with Crippen LogP contribution < -0.4 is 10.6 Å². The smallest absolute Gasteiger partial charge is 0.296 e.